The lowest BCUT2D eigenvalue weighted by Gasteiger charge is -2.25. The summed E-state index contributed by atoms with van der Waals surface area (Å²) < 4.78 is 5.55. The zero-order chi connectivity index (χ0) is 14.7. The molecule has 0 aromatic heterocycles. The van der Waals surface area contributed by atoms with Crippen molar-refractivity contribution in [2.45, 2.75) is 18.9 Å². The Labute approximate surface area is 125 Å². The van der Waals surface area contributed by atoms with Gasteiger partial charge in [-0.2, -0.15) is 0 Å². The number of benzene rings is 2. The van der Waals surface area contributed by atoms with Crippen LogP contribution in [0.5, 0.6) is 5.75 Å². The van der Waals surface area contributed by atoms with Gasteiger partial charge in [0.05, 0.1) is 6.04 Å². The number of hydrogen-bond acceptors (Lipinski definition) is 2. The first-order chi connectivity index (χ1) is 10.3. The summed E-state index contributed by atoms with van der Waals surface area (Å²) in [6.07, 6.45) is 2.03. The third-order valence-electron chi connectivity index (χ3n) is 4.07. The van der Waals surface area contributed by atoms with Crippen molar-refractivity contribution in [3.05, 3.63) is 65.7 Å². The zero-order valence-electron chi connectivity index (χ0n) is 12.2. The average molecular weight is 281 g/mol. The minimum absolute atomic E-state index is 0.0144. The fourth-order valence-electron chi connectivity index (χ4n) is 2.87. The number of fused-ring (bicyclic) bond motifs is 1. The summed E-state index contributed by atoms with van der Waals surface area (Å²) in [5.74, 6) is 0.742. The van der Waals surface area contributed by atoms with Crippen LogP contribution in [0.25, 0.3) is 0 Å². The van der Waals surface area contributed by atoms with Gasteiger partial charge in [0, 0.05) is 7.05 Å². The highest BCUT2D eigenvalue weighted by Crippen LogP contribution is 2.34. The van der Waals surface area contributed by atoms with E-state index in [1.54, 1.807) is 0 Å². The van der Waals surface area contributed by atoms with Gasteiger partial charge in [-0.25, -0.2) is 0 Å². The predicted octanol–water partition coefficient (Wildman–Crippen LogP) is 3.21. The number of carbonyl (C=O) groups excluding carboxylic acids is 1. The van der Waals surface area contributed by atoms with Gasteiger partial charge in [-0.05, 0) is 36.1 Å². The molecule has 1 amide bonds. The molecule has 0 radical (unpaired) electrons. The number of ether oxygens (including phenoxy) is 1. The molecular weight excluding hydrogens is 262 g/mol. The molecule has 108 valence electrons. The van der Waals surface area contributed by atoms with Crippen LogP contribution >= 0.6 is 0 Å². The van der Waals surface area contributed by atoms with Gasteiger partial charge in [-0.15, -0.1) is 0 Å². The monoisotopic (exact) mass is 281 g/mol. The Kier molecular flexibility index (Phi) is 3.91. The van der Waals surface area contributed by atoms with Crippen LogP contribution in [0, 0.1) is 0 Å². The summed E-state index contributed by atoms with van der Waals surface area (Å²) in [6.45, 7) is 0.0825. The Morgan fingerprint density at radius 2 is 1.86 bits per heavy atom. The number of para-hydroxylation sites is 1. The molecule has 0 bridgehead atoms. The Morgan fingerprint density at radius 1 is 1.14 bits per heavy atom. The van der Waals surface area contributed by atoms with E-state index in [1.807, 2.05) is 48.3 Å². The van der Waals surface area contributed by atoms with Crippen molar-refractivity contribution in [2.75, 3.05) is 13.7 Å². The van der Waals surface area contributed by atoms with Crippen molar-refractivity contribution in [2.24, 2.45) is 0 Å². The van der Waals surface area contributed by atoms with E-state index in [0.717, 1.165) is 18.6 Å². The van der Waals surface area contributed by atoms with Crippen LogP contribution in [-0.4, -0.2) is 24.5 Å². The van der Waals surface area contributed by atoms with Crippen molar-refractivity contribution < 1.29 is 9.53 Å². The maximum absolute atomic E-state index is 12.3. The van der Waals surface area contributed by atoms with Crippen LogP contribution in [0.3, 0.4) is 0 Å². The molecule has 0 saturated carbocycles. The van der Waals surface area contributed by atoms with Gasteiger partial charge in [0.25, 0.3) is 5.91 Å². The standard InChI is InChI=1S/C18H19NO2/c1-19(17-12-11-14-7-5-6-10-16(14)17)18(20)13-21-15-8-3-2-4-9-15/h2-10,17H,11-13H2,1H3/t17-/m0/s1. The normalized spacial score (nSPS) is 16.3. The second kappa shape index (κ2) is 6.00. The summed E-state index contributed by atoms with van der Waals surface area (Å²) in [5, 5.41) is 0. The summed E-state index contributed by atoms with van der Waals surface area (Å²) >= 11 is 0. The molecule has 0 heterocycles. The maximum Gasteiger partial charge on any atom is 0.260 e. The molecule has 0 fully saturated rings. The van der Waals surface area contributed by atoms with Gasteiger partial charge in [0.15, 0.2) is 6.61 Å². The number of carbonyl (C=O) groups is 1. The molecule has 0 spiro atoms. The minimum Gasteiger partial charge on any atom is -0.484 e. The lowest BCUT2D eigenvalue weighted by Crippen LogP contribution is -2.34. The summed E-state index contributed by atoms with van der Waals surface area (Å²) in [4.78, 5) is 14.1. The van der Waals surface area contributed by atoms with Gasteiger partial charge in [-0.3, -0.25) is 4.79 Å². The number of likely N-dealkylation sites (N-methyl/N-ethyl adjacent to an activating group) is 1. The second-order valence-electron chi connectivity index (χ2n) is 5.36. The molecule has 2 aromatic carbocycles. The minimum atomic E-state index is 0.0144. The third kappa shape index (κ3) is 2.92. The molecule has 2 aromatic rings. The molecule has 1 aliphatic rings. The summed E-state index contributed by atoms with van der Waals surface area (Å²) in [5.41, 5.74) is 2.62. The lowest BCUT2D eigenvalue weighted by atomic mass is 10.1. The van der Waals surface area contributed by atoms with Crippen molar-refractivity contribution in [3.63, 3.8) is 0 Å². The summed E-state index contributed by atoms with van der Waals surface area (Å²) in [7, 11) is 1.86. The number of amides is 1. The molecule has 0 unspecified atom stereocenters. The quantitative estimate of drug-likeness (QED) is 0.861. The molecule has 1 atom stereocenters. The van der Waals surface area contributed by atoms with E-state index in [-0.39, 0.29) is 18.6 Å². The fraction of sp³-hybridized carbons (Fsp3) is 0.278. The number of nitrogens with zero attached hydrogens (tertiary/aromatic N) is 1. The molecule has 0 N–H and O–H groups in total. The Bertz CT molecular complexity index is 624. The highest BCUT2D eigenvalue weighted by molar-refractivity contribution is 5.78. The Hall–Kier alpha value is -2.29. The van der Waals surface area contributed by atoms with Gasteiger partial charge in [0.1, 0.15) is 5.75 Å². The molecular formula is C18H19NO2. The van der Waals surface area contributed by atoms with Crippen molar-refractivity contribution in [1.82, 2.24) is 4.90 Å². The first-order valence-corrected chi connectivity index (χ1v) is 7.27. The molecule has 1 aliphatic carbocycles. The van der Waals surface area contributed by atoms with E-state index >= 15 is 0 Å². The van der Waals surface area contributed by atoms with E-state index in [0.29, 0.717) is 0 Å². The van der Waals surface area contributed by atoms with Gasteiger partial charge < -0.3 is 9.64 Å². The fourth-order valence-corrected chi connectivity index (χ4v) is 2.87. The van der Waals surface area contributed by atoms with Crippen LogP contribution in [0.1, 0.15) is 23.6 Å². The topological polar surface area (TPSA) is 29.5 Å². The number of aryl methyl sites for hydroxylation is 1. The highest BCUT2D eigenvalue weighted by Gasteiger charge is 2.28. The SMILES string of the molecule is CN(C(=O)COc1ccccc1)[C@H]1CCc2ccccc21. The van der Waals surface area contributed by atoms with Crippen molar-refractivity contribution in [1.29, 1.82) is 0 Å². The van der Waals surface area contributed by atoms with E-state index in [1.165, 1.54) is 11.1 Å². The smallest absolute Gasteiger partial charge is 0.260 e. The van der Waals surface area contributed by atoms with Crippen LogP contribution < -0.4 is 4.74 Å². The van der Waals surface area contributed by atoms with Crippen LogP contribution in [0.4, 0.5) is 0 Å². The molecule has 3 heteroatoms. The van der Waals surface area contributed by atoms with E-state index in [9.17, 15) is 4.79 Å². The van der Waals surface area contributed by atoms with Crippen molar-refractivity contribution >= 4 is 5.91 Å². The molecule has 0 aliphatic heterocycles. The maximum atomic E-state index is 12.3. The van der Waals surface area contributed by atoms with Crippen LogP contribution in [0.2, 0.25) is 0 Å². The Balaban J connectivity index is 1.63. The third-order valence-corrected chi connectivity index (χ3v) is 4.07. The van der Waals surface area contributed by atoms with Crippen molar-refractivity contribution in [3.8, 4) is 5.75 Å². The predicted molar refractivity (Wildman–Crippen MR) is 82.2 cm³/mol. The van der Waals surface area contributed by atoms with Gasteiger partial charge >= 0.3 is 0 Å². The summed E-state index contributed by atoms with van der Waals surface area (Å²) in [6, 6.07) is 18.0. The first-order valence-electron chi connectivity index (χ1n) is 7.27. The van der Waals surface area contributed by atoms with Crippen LogP contribution in [0.15, 0.2) is 54.6 Å². The zero-order valence-corrected chi connectivity index (χ0v) is 12.2. The molecule has 3 rings (SSSR count). The van der Waals surface area contributed by atoms with E-state index in [2.05, 4.69) is 18.2 Å². The molecule has 0 saturated heterocycles. The highest BCUT2D eigenvalue weighted by atomic mass is 16.5. The first kappa shape index (κ1) is 13.7. The second-order valence-corrected chi connectivity index (χ2v) is 5.36. The van der Waals surface area contributed by atoms with Gasteiger partial charge in [0.2, 0.25) is 0 Å². The Morgan fingerprint density at radius 3 is 2.67 bits per heavy atom. The lowest BCUT2D eigenvalue weighted by molar-refractivity contribution is -0.134. The average Bonchev–Trinajstić information content (AvgIpc) is 2.97. The molecule has 21 heavy (non-hydrogen) atoms. The van der Waals surface area contributed by atoms with Crippen LogP contribution in [-0.2, 0) is 11.2 Å². The largest absolute Gasteiger partial charge is 0.484 e. The van der Waals surface area contributed by atoms with E-state index < -0.39 is 0 Å². The number of rotatable bonds is 4. The number of hydrogen-bond donors (Lipinski definition) is 0. The van der Waals surface area contributed by atoms with Gasteiger partial charge in [-0.1, -0.05) is 42.5 Å². The molecule has 3 nitrogen and oxygen atoms in total. The van der Waals surface area contributed by atoms with E-state index in [4.69, 9.17) is 4.74 Å².